The second-order valence-corrected chi connectivity index (χ2v) is 5.11. The second kappa shape index (κ2) is 7.93. The zero-order valence-electron chi connectivity index (χ0n) is 12.5. The molecule has 3 heteroatoms. The number of carbonyl (C=O) groups is 1. The summed E-state index contributed by atoms with van der Waals surface area (Å²) in [5.74, 6) is 0.108. The van der Waals surface area contributed by atoms with Crippen LogP contribution in [0.3, 0.4) is 0 Å². The van der Waals surface area contributed by atoms with Crippen LogP contribution < -0.4 is 0 Å². The summed E-state index contributed by atoms with van der Waals surface area (Å²) in [4.78, 5) is 18.7. The molecule has 1 rings (SSSR count). The van der Waals surface area contributed by atoms with Gasteiger partial charge in [-0.2, -0.15) is 0 Å². The maximum absolute atomic E-state index is 12.6. The highest BCUT2D eigenvalue weighted by atomic mass is 16.2. The first kappa shape index (κ1) is 15.7. The lowest BCUT2D eigenvalue weighted by molar-refractivity contribution is -0.130. The van der Waals surface area contributed by atoms with Crippen molar-refractivity contribution < 1.29 is 4.79 Å². The minimum absolute atomic E-state index is 0.108. The number of hydrogen-bond donors (Lipinski definition) is 0. The van der Waals surface area contributed by atoms with Gasteiger partial charge in [-0.25, -0.2) is 0 Å². The highest BCUT2D eigenvalue weighted by Crippen LogP contribution is 2.22. The number of piperidine rings is 1. The highest BCUT2D eigenvalue weighted by molar-refractivity contribution is 6.04. The van der Waals surface area contributed by atoms with E-state index in [2.05, 4.69) is 18.5 Å². The van der Waals surface area contributed by atoms with Crippen LogP contribution in [0.4, 0.5) is 0 Å². The van der Waals surface area contributed by atoms with E-state index in [-0.39, 0.29) is 5.91 Å². The molecular weight excluding hydrogens is 236 g/mol. The second-order valence-electron chi connectivity index (χ2n) is 5.11. The number of likely N-dealkylation sites (tertiary alicyclic amines) is 1. The first-order valence-electron chi connectivity index (χ1n) is 7.22. The van der Waals surface area contributed by atoms with E-state index in [9.17, 15) is 4.79 Å². The SMILES string of the molecule is C=C/C(=C\C(C)=NC)C(=O)N1CCCCC1CCC. The average Bonchev–Trinajstić information content (AvgIpc) is 2.44. The minimum atomic E-state index is 0.108. The van der Waals surface area contributed by atoms with E-state index >= 15 is 0 Å². The zero-order valence-corrected chi connectivity index (χ0v) is 12.5. The van der Waals surface area contributed by atoms with Gasteiger partial charge < -0.3 is 4.90 Å². The zero-order chi connectivity index (χ0) is 14.3. The van der Waals surface area contributed by atoms with Gasteiger partial charge in [0.05, 0.1) is 0 Å². The van der Waals surface area contributed by atoms with Crippen molar-refractivity contribution in [1.82, 2.24) is 4.90 Å². The van der Waals surface area contributed by atoms with Crippen LogP contribution in [0.2, 0.25) is 0 Å². The van der Waals surface area contributed by atoms with E-state index in [0.29, 0.717) is 11.6 Å². The molecule has 0 aliphatic carbocycles. The summed E-state index contributed by atoms with van der Waals surface area (Å²) in [7, 11) is 1.73. The average molecular weight is 262 g/mol. The van der Waals surface area contributed by atoms with Crippen molar-refractivity contribution in [2.45, 2.75) is 52.0 Å². The third-order valence-electron chi connectivity index (χ3n) is 3.69. The molecule has 0 N–H and O–H groups in total. The number of rotatable bonds is 5. The molecule has 1 saturated heterocycles. The Bertz CT molecular complexity index is 380. The van der Waals surface area contributed by atoms with Gasteiger partial charge >= 0.3 is 0 Å². The predicted octanol–water partition coefficient (Wildman–Crippen LogP) is 3.37. The Morgan fingerprint density at radius 3 is 2.79 bits per heavy atom. The fourth-order valence-corrected chi connectivity index (χ4v) is 2.56. The van der Waals surface area contributed by atoms with Crippen LogP contribution in [0.15, 0.2) is 29.3 Å². The van der Waals surface area contributed by atoms with E-state index in [1.807, 2.05) is 17.9 Å². The third kappa shape index (κ3) is 4.34. The molecule has 19 heavy (non-hydrogen) atoms. The van der Waals surface area contributed by atoms with E-state index < -0.39 is 0 Å². The fraction of sp³-hybridized carbons (Fsp3) is 0.625. The van der Waals surface area contributed by atoms with Gasteiger partial charge in [0, 0.05) is 30.9 Å². The Balaban J connectivity index is 2.88. The van der Waals surface area contributed by atoms with Gasteiger partial charge in [0.1, 0.15) is 0 Å². The molecule has 0 saturated carbocycles. The molecule has 0 spiro atoms. The van der Waals surface area contributed by atoms with Gasteiger partial charge in [-0.15, -0.1) is 0 Å². The molecule has 3 nitrogen and oxygen atoms in total. The molecule has 1 unspecified atom stereocenters. The number of amides is 1. The van der Waals surface area contributed by atoms with Crippen molar-refractivity contribution in [2.75, 3.05) is 13.6 Å². The van der Waals surface area contributed by atoms with Crippen LogP contribution in [0, 0.1) is 0 Å². The number of aliphatic imine (C=N–C) groups is 1. The van der Waals surface area contributed by atoms with Crippen molar-refractivity contribution in [2.24, 2.45) is 4.99 Å². The van der Waals surface area contributed by atoms with Crippen LogP contribution in [0.5, 0.6) is 0 Å². The van der Waals surface area contributed by atoms with E-state index in [1.165, 1.54) is 6.42 Å². The first-order chi connectivity index (χ1) is 9.13. The summed E-state index contributed by atoms with van der Waals surface area (Å²) in [6, 6.07) is 0.397. The van der Waals surface area contributed by atoms with Crippen molar-refractivity contribution in [3.8, 4) is 0 Å². The summed E-state index contributed by atoms with van der Waals surface area (Å²) in [6.07, 6.45) is 9.16. The van der Waals surface area contributed by atoms with Gasteiger partial charge in [-0.1, -0.05) is 26.0 Å². The van der Waals surface area contributed by atoms with Crippen LogP contribution in [-0.2, 0) is 4.79 Å². The molecule has 0 aromatic rings. The Labute approximate surface area is 117 Å². The lowest BCUT2D eigenvalue weighted by Crippen LogP contribution is -2.44. The van der Waals surface area contributed by atoms with Crippen LogP contribution in [0.1, 0.15) is 46.0 Å². The highest BCUT2D eigenvalue weighted by Gasteiger charge is 2.26. The molecule has 0 bridgehead atoms. The summed E-state index contributed by atoms with van der Waals surface area (Å²) >= 11 is 0. The van der Waals surface area contributed by atoms with Gasteiger partial charge in [0.25, 0.3) is 5.91 Å². The Morgan fingerprint density at radius 1 is 1.47 bits per heavy atom. The van der Waals surface area contributed by atoms with Gasteiger partial charge in [-0.05, 0) is 38.7 Å². The summed E-state index contributed by atoms with van der Waals surface area (Å²) in [6.45, 7) is 8.71. The first-order valence-corrected chi connectivity index (χ1v) is 7.22. The molecule has 1 atom stereocenters. The summed E-state index contributed by atoms with van der Waals surface area (Å²) < 4.78 is 0. The minimum Gasteiger partial charge on any atom is -0.336 e. The van der Waals surface area contributed by atoms with Gasteiger partial charge in [0.2, 0.25) is 0 Å². The molecule has 1 aliphatic rings. The van der Waals surface area contributed by atoms with Crippen molar-refractivity contribution >= 4 is 11.6 Å². The summed E-state index contributed by atoms with van der Waals surface area (Å²) in [5.41, 5.74) is 1.51. The Morgan fingerprint density at radius 2 is 2.21 bits per heavy atom. The van der Waals surface area contributed by atoms with Crippen LogP contribution in [0.25, 0.3) is 0 Å². The molecule has 0 aromatic heterocycles. The molecular formula is C16H26N2O. The quantitative estimate of drug-likeness (QED) is 0.425. The maximum Gasteiger partial charge on any atom is 0.254 e. The van der Waals surface area contributed by atoms with Crippen LogP contribution >= 0.6 is 0 Å². The largest absolute Gasteiger partial charge is 0.336 e. The molecule has 0 radical (unpaired) electrons. The third-order valence-corrected chi connectivity index (χ3v) is 3.69. The van der Waals surface area contributed by atoms with E-state index in [1.54, 1.807) is 13.1 Å². The van der Waals surface area contributed by atoms with Crippen molar-refractivity contribution in [3.05, 3.63) is 24.3 Å². The monoisotopic (exact) mass is 262 g/mol. The van der Waals surface area contributed by atoms with Crippen molar-refractivity contribution in [1.29, 1.82) is 0 Å². The number of carbonyl (C=O) groups excluding carboxylic acids is 1. The Hall–Kier alpha value is -1.38. The van der Waals surface area contributed by atoms with Crippen molar-refractivity contribution in [3.63, 3.8) is 0 Å². The smallest absolute Gasteiger partial charge is 0.254 e. The van der Waals surface area contributed by atoms with Crippen LogP contribution in [-0.4, -0.2) is 36.2 Å². The standard InChI is InChI=1S/C16H26N2O/c1-5-9-15-10-7-8-11-18(15)16(19)14(6-2)12-13(3)17-4/h6,12,15H,2,5,7-11H2,1,3-4H3/b14-12+,17-13?. The number of nitrogens with zero attached hydrogens (tertiary/aromatic N) is 2. The van der Waals surface area contributed by atoms with Gasteiger partial charge in [0.15, 0.2) is 0 Å². The van der Waals surface area contributed by atoms with Gasteiger partial charge in [-0.3, -0.25) is 9.79 Å². The topological polar surface area (TPSA) is 32.7 Å². The number of hydrogen-bond acceptors (Lipinski definition) is 2. The number of allylic oxidation sites excluding steroid dienone is 1. The normalized spacial score (nSPS) is 21.4. The predicted molar refractivity (Wildman–Crippen MR) is 81.6 cm³/mol. The molecule has 1 aliphatic heterocycles. The molecule has 0 aromatic carbocycles. The lowest BCUT2D eigenvalue weighted by Gasteiger charge is -2.36. The Kier molecular flexibility index (Phi) is 6.54. The molecule has 1 fully saturated rings. The summed E-state index contributed by atoms with van der Waals surface area (Å²) in [5, 5.41) is 0. The molecule has 1 amide bonds. The maximum atomic E-state index is 12.6. The fourth-order valence-electron chi connectivity index (χ4n) is 2.56. The van der Waals surface area contributed by atoms with E-state index in [4.69, 9.17) is 0 Å². The van der Waals surface area contributed by atoms with E-state index in [0.717, 1.165) is 37.9 Å². The molecule has 1 heterocycles. The molecule has 106 valence electrons. The lowest BCUT2D eigenvalue weighted by atomic mass is 9.97.